The average molecular weight is 361 g/mol. The molecular weight excluding hydrogens is 338 g/mol. The molecule has 2 aliphatic rings. The highest BCUT2D eigenvalue weighted by Crippen LogP contribution is 2.10. The Balaban J connectivity index is 1.89. The summed E-state index contributed by atoms with van der Waals surface area (Å²) in [6.07, 6.45) is 1.02. The van der Waals surface area contributed by atoms with Crippen molar-refractivity contribution in [3.05, 3.63) is 0 Å². The van der Waals surface area contributed by atoms with Gasteiger partial charge in [0.2, 0.25) is 5.91 Å². The van der Waals surface area contributed by atoms with E-state index in [-0.39, 0.29) is 26.2 Å². The fourth-order valence-electron chi connectivity index (χ4n) is 2.61. The fraction of sp³-hybridized carbons (Fsp3) is 0.786. The van der Waals surface area contributed by atoms with E-state index in [1.54, 1.807) is 0 Å². The molecule has 3 amide bonds. The fourth-order valence-corrected chi connectivity index (χ4v) is 3.12. The number of hydrogen-bond donors (Lipinski definition) is 0. The molecular formula is C14H23N3O6S. The number of carbonyl (C=O) groups is 3. The summed E-state index contributed by atoms with van der Waals surface area (Å²) in [5.41, 5.74) is 0. The molecule has 0 aromatic heterocycles. The normalized spacial score (nSPS) is 20.7. The molecule has 0 aromatic carbocycles. The average Bonchev–Trinajstić information content (AvgIpc) is 2.59. The lowest BCUT2D eigenvalue weighted by Crippen LogP contribution is -2.56. The van der Waals surface area contributed by atoms with Gasteiger partial charge in [-0.15, -0.1) is 0 Å². The van der Waals surface area contributed by atoms with Crippen LogP contribution in [-0.4, -0.2) is 105 Å². The summed E-state index contributed by atoms with van der Waals surface area (Å²) in [6, 6.07) is 0. The Morgan fingerprint density at radius 2 is 1.25 bits per heavy atom. The molecule has 1 unspecified atom stereocenters. The summed E-state index contributed by atoms with van der Waals surface area (Å²) in [7, 11) is -3.45. The van der Waals surface area contributed by atoms with Gasteiger partial charge in [0.1, 0.15) is 5.25 Å². The number of nitrogens with zero attached hydrogens (tertiary/aromatic N) is 3. The van der Waals surface area contributed by atoms with Gasteiger partial charge in [0.15, 0.2) is 9.84 Å². The predicted octanol–water partition coefficient (Wildman–Crippen LogP) is -2.05. The second kappa shape index (κ2) is 7.47. The third-order valence-corrected chi connectivity index (χ3v) is 5.84. The highest BCUT2D eigenvalue weighted by atomic mass is 32.2. The topological polar surface area (TPSA) is 104 Å². The number of amides is 3. The second-order valence-electron chi connectivity index (χ2n) is 5.99. The molecule has 1 atom stereocenters. The molecule has 0 spiro atoms. The summed E-state index contributed by atoms with van der Waals surface area (Å²) in [6.45, 7) is 3.88. The summed E-state index contributed by atoms with van der Waals surface area (Å²) >= 11 is 0. The maximum Gasteiger partial charge on any atom is 0.312 e. The van der Waals surface area contributed by atoms with Crippen molar-refractivity contribution >= 4 is 27.6 Å². The second-order valence-corrected chi connectivity index (χ2v) is 8.36. The number of carbonyl (C=O) groups excluding carboxylic acids is 3. The molecule has 0 N–H and O–H groups in total. The van der Waals surface area contributed by atoms with Crippen molar-refractivity contribution < 1.29 is 27.5 Å². The number of ether oxygens (including phenoxy) is 1. The van der Waals surface area contributed by atoms with Crippen molar-refractivity contribution in [3.8, 4) is 0 Å². The molecule has 136 valence electrons. The van der Waals surface area contributed by atoms with Gasteiger partial charge in [0.05, 0.1) is 13.2 Å². The SMILES string of the molecule is CC(C(=O)N1CCN(C(=O)C(=O)N2CCOCC2)CC1)S(C)(=O)=O. The Kier molecular flexibility index (Phi) is 5.81. The summed E-state index contributed by atoms with van der Waals surface area (Å²) in [4.78, 5) is 40.9. The van der Waals surface area contributed by atoms with Gasteiger partial charge in [0, 0.05) is 45.5 Å². The first-order chi connectivity index (χ1) is 11.2. The van der Waals surface area contributed by atoms with Crippen molar-refractivity contribution in [3.63, 3.8) is 0 Å². The van der Waals surface area contributed by atoms with E-state index in [4.69, 9.17) is 4.74 Å². The van der Waals surface area contributed by atoms with E-state index in [1.807, 2.05) is 0 Å². The van der Waals surface area contributed by atoms with Crippen LogP contribution in [0.1, 0.15) is 6.92 Å². The Labute approximate surface area is 141 Å². The van der Waals surface area contributed by atoms with E-state index in [9.17, 15) is 22.8 Å². The summed E-state index contributed by atoms with van der Waals surface area (Å²) in [5.74, 6) is -1.60. The van der Waals surface area contributed by atoms with Gasteiger partial charge < -0.3 is 19.4 Å². The molecule has 2 fully saturated rings. The van der Waals surface area contributed by atoms with E-state index in [0.29, 0.717) is 26.3 Å². The molecule has 0 radical (unpaired) electrons. The molecule has 2 heterocycles. The number of piperazine rings is 1. The molecule has 2 saturated heterocycles. The molecule has 0 aliphatic carbocycles. The number of sulfone groups is 1. The zero-order valence-electron chi connectivity index (χ0n) is 13.9. The lowest BCUT2D eigenvalue weighted by molar-refractivity contribution is -0.155. The van der Waals surface area contributed by atoms with E-state index in [0.717, 1.165) is 6.26 Å². The molecule has 0 saturated carbocycles. The van der Waals surface area contributed by atoms with Crippen molar-refractivity contribution in [1.82, 2.24) is 14.7 Å². The molecule has 24 heavy (non-hydrogen) atoms. The predicted molar refractivity (Wildman–Crippen MR) is 84.9 cm³/mol. The van der Waals surface area contributed by atoms with Gasteiger partial charge in [0.25, 0.3) is 0 Å². The molecule has 10 heteroatoms. The molecule has 0 aromatic rings. The zero-order chi connectivity index (χ0) is 17.9. The van der Waals surface area contributed by atoms with Crippen LogP contribution >= 0.6 is 0 Å². The smallest absolute Gasteiger partial charge is 0.312 e. The highest BCUT2D eigenvalue weighted by molar-refractivity contribution is 7.92. The Morgan fingerprint density at radius 1 is 0.833 bits per heavy atom. The van der Waals surface area contributed by atoms with Crippen LogP contribution in [0.15, 0.2) is 0 Å². The van der Waals surface area contributed by atoms with Gasteiger partial charge in [-0.1, -0.05) is 0 Å². The van der Waals surface area contributed by atoms with Crippen LogP contribution in [0.2, 0.25) is 0 Å². The van der Waals surface area contributed by atoms with Crippen molar-refractivity contribution in [1.29, 1.82) is 0 Å². The van der Waals surface area contributed by atoms with Crippen LogP contribution in [0.5, 0.6) is 0 Å². The Bertz CT molecular complexity index is 606. The standard InChI is InChI=1S/C14H23N3O6S/c1-11(24(2,21)22)12(18)15-3-5-16(6-4-15)13(19)14(20)17-7-9-23-10-8-17/h11H,3-10H2,1-2H3. The van der Waals surface area contributed by atoms with Crippen LogP contribution in [0.4, 0.5) is 0 Å². The van der Waals surface area contributed by atoms with Gasteiger partial charge >= 0.3 is 11.8 Å². The first kappa shape index (κ1) is 18.7. The summed E-state index contributed by atoms with van der Waals surface area (Å²) < 4.78 is 28.1. The van der Waals surface area contributed by atoms with Crippen LogP contribution in [0.25, 0.3) is 0 Å². The van der Waals surface area contributed by atoms with Crippen LogP contribution < -0.4 is 0 Å². The van der Waals surface area contributed by atoms with Crippen LogP contribution in [-0.2, 0) is 29.0 Å². The lowest BCUT2D eigenvalue weighted by Gasteiger charge is -2.36. The minimum atomic E-state index is -3.45. The minimum Gasteiger partial charge on any atom is -0.378 e. The highest BCUT2D eigenvalue weighted by Gasteiger charge is 2.34. The molecule has 9 nitrogen and oxygen atoms in total. The van der Waals surface area contributed by atoms with E-state index in [1.165, 1.54) is 21.6 Å². The van der Waals surface area contributed by atoms with E-state index in [2.05, 4.69) is 0 Å². The van der Waals surface area contributed by atoms with Gasteiger partial charge in [-0.3, -0.25) is 14.4 Å². The Hall–Kier alpha value is -1.68. The zero-order valence-corrected chi connectivity index (χ0v) is 14.8. The first-order valence-electron chi connectivity index (χ1n) is 7.85. The van der Waals surface area contributed by atoms with Crippen molar-refractivity contribution in [2.45, 2.75) is 12.2 Å². The van der Waals surface area contributed by atoms with Gasteiger partial charge in [-0.05, 0) is 6.92 Å². The number of morpholine rings is 1. The third-order valence-electron chi connectivity index (χ3n) is 4.35. The van der Waals surface area contributed by atoms with Crippen LogP contribution in [0, 0.1) is 0 Å². The third kappa shape index (κ3) is 4.23. The van der Waals surface area contributed by atoms with E-state index < -0.39 is 32.8 Å². The lowest BCUT2D eigenvalue weighted by atomic mass is 10.2. The van der Waals surface area contributed by atoms with Crippen molar-refractivity contribution in [2.75, 3.05) is 58.7 Å². The van der Waals surface area contributed by atoms with E-state index >= 15 is 0 Å². The number of hydrogen-bond acceptors (Lipinski definition) is 6. The molecule has 2 aliphatic heterocycles. The molecule has 2 rings (SSSR count). The quantitative estimate of drug-likeness (QED) is 0.524. The first-order valence-corrected chi connectivity index (χ1v) is 9.81. The number of rotatable bonds is 2. The van der Waals surface area contributed by atoms with Gasteiger partial charge in [-0.25, -0.2) is 8.42 Å². The largest absolute Gasteiger partial charge is 0.378 e. The van der Waals surface area contributed by atoms with Gasteiger partial charge in [-0.2, -0.15) is 0 Å². The molecule has 0 bridgehead atoms. The summed E-state index contributed by atoms with van der Waals surface area (Å²) in [5, 5.41) is -1.10. The monoisotopic (exact) mass is 361 g/mol. The maximum absolute atomic E-state index is 12.3. The Morgan fingerprint density at radius 3 is 1.71 bits per heavy atom. The van der Waals surface area contributed by atoms with Crippen molar-refractivity contribution in [2.24, 2.45) is 0 Å². The maximum atomic E-state index is 12.3. The van der Waals surface area contributed by atoms with Crippen LogP contribution in [0.3, 0.4) is 0 Å². The minimum absolute atomic E-state index is 0.219.